The van der Waals surface area contributed by atoms with Gasteiger partial charge in [0, 0.05) is 0 Å². The van der Waals surface area contributed by atoms with E-state index in [-0.39, 0.29) is 0 Å². The molecule has 2 bridgehead atoms. The van der Waals surface area contributed by atoms with Crippen molar-refractivity contribution in [2.75, 3.05) is 0 Å². The molecule has 0 N–H and O–H groups in total. The highest BCUT2D eigenvalue weighted by Crippen LogP contribution is 2.65. The van der Waals surface area contributed by atoms with E-state index in [1.54, 1.807) is 0 Å². The monoisotopic (exact) mass is 152 g/mol. The van der Waals surface area contributed by atoms with Crippen LogP contribution < -0.4 is 0 Å². The summed E-state index contributed by atoms with van der Waals surface area (Å²) in [6.07, 6.45) is 4.48. The maximum Gasteiger partial charge on any atom is -0.0292 e. The van der Waals surface area contributed by atoms with Crippen molar-refractivity contribution in [2.24, 2.45) is 22.7 Å². The lowest BCUT2D eigenvalue weighted by atomic mass is 9.65. The molecule has 0 aliphatic heterocycles. The lowest BCUT2D eigenvalue weighted by Crippen LogP contribution is -2.32. The first-order valence-corrected chi connectivity index (χ1v) is 4.97. The Kier molecular flexibility index (Phi) is 1.28. The van der Waals surface area contributed by atoms with E-state index >= 15 is 0 Å². The van der Waals surface area contributed by atoms with E-state index in [1.165, 1.54) is 19.3 Å². The fourth-order valence-electron chi connectivity index (χ4n) is 3.55. The molecule has 0 aromatic heterocycles. The number of rotatable bonds is 0. The number of fused-ring (bicyclic) bond motifs is 2. The Morgan fingerprint density at radius 2 is 1.82 bits per heavy atom. The van der Waals surface area contributed by atoms with Gasteiger partial charge < -0.3 is 0 Å². The predicted octanol–water partition coefficient (Wildman–Crippen LogP) is 3.47. The molecule has 2 aliphatic carbocycles. The minimum atomic E-state index is 0.632. The molecule has 2 saturated carbocycles. The Morgan fingerprint density at radius 1 is 1.18 bits per heavy atom. The largest absolute Gasteiger partial charge is 0.0615 e. The molecule has 0 spiro atoms. The van der Waals surface area contributed by atoms with Gasteiger partial charge in [0.1, 0.15) is 0 Å². The summed E-state index contributed by atoms with van der Waals surface area (Å²) in [5.74, 6) is 1.97. The van der Waals surface area contributed by atoms with Crippen LogP contribution in [0.25, 0.3) is 0 Å². The molecule has 0 heterocycles. The highest BCUT2D eigenvalue weighted by atomic mass is 14.6. The van der Waals surface area contributed by atoms with Gasteiger partial charge >= 0.3 is 0 Å². The molecule has 2 unspecified atom stereocenters. The van der Waals surface area contributed by atoms with Crippen LogP contribution in [0.4, 0.5) is 0 Å². The molecule has 2 rings (SSSR count). The number of hydrogen-bond acceptors (Lipinski definition) is 0. The van der Waals surface area contributed by atoms with Gasteiger partial charge in [0.2, 0.25) is 0 Å². The minimum Gasteiger partial charge on any atom is -0.0615 e. The molecular weight excluding hydrogens is 132 g/mol. The van der Waals surface area contributed by atoms with Crippen molar-refractivity contribution in [3.8, 4) is 0 Å². The maximum atomic E-state index is 2.49. The molecule has 0 radical (unpaired) electrons. The standard InChI is InChI=1S/C11H20/c1-8-10(2,3)9-5-6-11(8,4)7-9/h8-9H,5-7H2,1-4H3/t8?,9?,11-/m1/s1. The van der Waals surface area contributed by atoms with Crippen LogP contribution in [0.5, 0.6) is 0 Å². The molecule has 3 atom stereocenters. The van der Waals surface area contributed by atoms with Crippen LogP contribution in [-0.4, -0.2) is 0 Å². The van der Waals surface area contributed by atoms with Crippen LogP contribution in [0.2, 0.25) is 0 Å². The second-order valence-electron chi connectivity index (χ2n) is 5.64. The SMILES string of the molecule is CC1C(C)(C)C2CC[C@]1(C)C2. The van der Waals surface area contributed by atoms with E-state index in [0.717, 1.165) is 11.8 Å². The summed E-state index contributed by atoms with van der Waals surface area (Å²) >= 11 is 0. The molecule has 0 aromatic rings. The lowest BCUT2D eigenvalue weighted by Gasteiger charge is -2.40. The van der Waals surface area contributed by atoms with Crippen molar-refractivity contribution < 1.29 is 0 Å². The first kappa shape index (κ1) is 7.64. The maximum absolute atomic E-state index is 2.49. The first-order chi connectivity index (χ1) is 4.97. The Labute approximate surface area is 70.4 Å². The van der Waals surface area contributed by atoms with Crippen molar-refractivity contribution in [3.05, 3.63) is 0 Å². The van der Waals surface area contributed by atoms with Gasteiger partial charge in [-0.15, -0.1) is 0 Å². The van der Waals surface area contributed by atoms with Crippen LogP contribution in [0.1, 0.15) is 47.0 Å². The summed E-state index contributed by atoms with van der Waals surface area (Å²) in [6.45, 7) is 9.88. The lowest BCUT2D eigenvalue weighted by molar-refractivity contribution is 0.0903. The van der Waals surface area contributed by atoms with Crippen molar-refractivity contribution in [3.63, 3.8) is 0 Å². The fourth-order valence-corrected chi connectivity index (χ4v) is 3.55. The van der Waals surface area contributed by atoms with Gasteiger partial charge in [-0.3, -0.25) is 0 Å². The zero-order valence-electron chi connectivity index (χ0n) is 8.28. The van der Waals surface area contributed by atoms with E-state index in [9.17, 15) is 0 Å². The Bertz CT molecular complexity index is 176. The molecule has 2 aliphatic rings. The highest BCUT2D eigenvalue weighted by molar-refractivity contribution is 5.06. The van der Waals surface area contributed by atoms with Gasteiger partial charge in [0.15, 0.2) is 0 Å². The van der Waals surface area contributed by atoms with Gasteiger partial charge in [0.05, 0.1) is 0 Å². The van der Waals surface area contributed by atoms with Gasteiger partial charge in [-0.2, -0.15) is 0 Å². The van der Waals surface area contributed by atoms with Crippen molar-refractivity contribution >= 4 is 0 Å². The molecule has 11 heavy (non-hydrogen) atoms. The summed E-state index contributed by atoms with van der Waals surface area (Å²) in [7, 11) is 0. The highest BCUT2D eigenvalue weighted by Gasteiger charge is 2.56. The van der Waals surface area contributed by atoms with E-state index in [2.05, 4.69) is 27.7 Å². The smallest absolute Gasteiger partial charge is 0.0292 e. The second-order valence-corrected chi connectivity index (χ2v) is 5.64. The van der Waals surface area contributed by atoms with Gasteiger partial charge in [-0.1, -0.05) is 27.7 Å². The summed E-state index contributed by atoms with van der Waals surface area (Å²) in [5.41, 5.74) is 1.33. The third-order valence-electron chi connectivity index (χ3n) is 4.99. The van der Waals surface area contributed by atoms with E-state index in [4.69, 9.17) is 0 Å². The third kappa shape index (κ3) is 0.761. The summed E-state index contributed by atoms with van der Waals surface area (Å²) < 4.78 is 0. The third-order valence-corrected chi connectivity index (χ3v) is 4.99. The Hall–Kier alpha value is 0. The van der Waals surface area contributed by atoms with E-state index in [1.807, 2.05) is 0 Å². The quantitative estimate of drug-likeness (QED) is 0.498. The molecule has 0 heteroatoms. The van der Waals surface area contributed by atoms with Crippen LogP contribution in [0.3, 0.4) is 0 Å². The van der Waals surface area contributed by atoms with Crippen molar-refractivity contribution in [1.29, 1.82) is 0 Å². The summed E-state index contributed by atoms with van der Waals surface area (Å²) in [5, 5.41) is 0. The number of hydrogen-bond donors (Lipinski definition) is 0. The molecule has 0 amide bonds. The second kappa shape index (κ2) is 1.84. The average Bonchev–Trinajstić information content (AvgIpc) is 2.36. The first-order valence-electron chi connectivity index (χ1n) is 4.97. The summed E-state index contributed by atoms with van der Waals surface area (Å²) in [4.78, 5) is 0. The fraction of sp³-hybridized carbons (Fsp3) is 1.00. The van der Waals surface area contributed by atoms with Crippen LogP contribution in [-0.2, 0) is 0 Å². The Balaban J connectivity index is 2.34. The molecule has 2 fully saturated rings. The zero-order valence-corrected chi connectivity index (χ0v) is 8.28. The van der Waals surface area contributed by atoms with Gasteiger partial charge in [-0.05, 0) is 41.9 Å². The zero-order chi connectivity index (χ0) is 8.28. The summed E-state index contributed by atoms with van der Waals surface area (Å²) in [6, 6.07) is 0. The van der Waals surface area contributed by atoms with Crippen LogP contribution in [0, 0.1) is 22.7 Å². The molecular formula is C11H20. The predicted molar refractivity (Wildman–Crippen MR) is 48.4 cm³/mol. The average molecular weight is 152 g/mol. The van der Waals surface area contributed by atoms with Gasteiger partial charge in [-0.25, -0.2) is 0 Å². The topological polar surface area (TPSA) is 0 Å². The van der Waals surface area contributed by atoms with Crippen molar-refractivity contribution in [2.45, 2.75) is 47.0 Å². The minimum absolute atomic E-state index is 0.632. The van der Waals surface area contributed by atoms with Crippen molar-refractivity contribution in [1.82, 2.24) is 0 Å². The van der Waals surface area contributed by atoms with Crippen LogP contribution in [0.15, 0.2) is 0 Å². The molecule has 0 nitrogen and oxygen atoms in total. The van der Waals surface area contributed by atoms with E-state index in [0.29, 0.717) is 10.8 Å². The normalized spacial score (nSPS) is 53.5. The molecule has 0 aromatic carbocycles. The van der Waals surface area contributed by atoms with E-state index < -0.39 is 0 Å². The van der Waals surface area contributed by atoms with Gasteiger partial charge in [0.25, 0.3) is 0 Å². The molecule has 0 saturated heterocycles. The molecule has 64 valence electrons. The van der Waals surface area contributed by atoms with Crippen LogP contribution >= 0.6 is 0 Å². The Morgan fingerprint density at radius 3 is 2.09 bits per heavy atom.